The van der Waals surface area contributed by atoms with Crippen LogP contribution in [0.25, 0.3) is 0 Å². The molecule has 1 aromatic carbocycles. The number of hydrogen-bond donors (Lipinski definition) is 1. The average molecular weight is 267 g/mol. The van der Waals surface area contributed by atoms with Gasteiger partial charge in [-0.2, -0.15) is 0 Å². The number of rotatable bonds is 8. The van der Waals surface area contributed by atoms with Gasteiger partial charge in [0.25, 0.3) is 0 Å². The first-order chi connectivity index (χ1) is 9.08. The fourth-order valence-corrected chi connectivity index (χ4v) is 2.16. The number of halogens is 1. The van der Waals surface area contributed by atoms with Gasteiger partial charge in [-0.15, -0.1) is 0 Å². The number of nitrogens with two attached hydrogens (primary N) is 1. The lowest BCUT2D eigenvalue weighted by molar-refractivity contribution is 0.400. The predicted octanol–water partition coefficient (Wildman–Crippen LogP) is 2.10. The van der Waals surface area contributed by atoms with E-state index in [1.807, 2.05) is 12.1 Å². The van der Waals surface area contributed by atoms with Crippen molar-refractivity contribution < 1.29 is 4.39 Å². The normalized spacial score (nSPS) is 11.1. The van der Waals surface area contributed by atoms with Crippen molar-refractivity contribution in [1.82, 2.24) is 4.90 Å². The van der Waals surface area contributed by atoms with Gasteiger partial charge >= 0.3 is 0 Å². The Bertz CT molecular complexity index is 380. The largest absolute Gasteiger partial charge is 0.369 e. The van der Waals surface area contributed by atoms with Crippen LogP contribution < -0.4 is 10.6 Å². The van der Waals surface area contributed by atoms with Gasteiger partial charge in [0.05, 0.1) is 5.69 Å². The predicted molar refractivity (Wildman–Crippen MR) is 80.2 cm³/mol. The van der Waals surface area contributed by atoms with Crippen LogP contribution in [0.3, 0.4) is 0 Å². The van der Waals surface area contributed by atoms with E-state index in [-0.39, 0.29) is 5.82 Å². The van der Waals surface area contributed by atoms with Gasteiger partial charge in [0.2, 0.25) is 0 Å². The highest BCUT2D eigenvalue weighted by molar-refractivity contribution is 5.49. The fourth-order valence-electron chi connectivity index (χ4n) is 2.16. The summed E-state index contributed by atoms with van der Waals surface area (Å²) in [7, 11) is 4.11. The van der Waals surface area contributed by atoms with E-state index in [2.05, 4.69) is 30.8 Å². The van der Waals surface area contributed by atoms with E-state index in [9.17, 15) is 4.39 Å². The summed E-state index contributed by atoms with van der Waals surface area (Å²) in [5, 5.41) is 0. The molecule has 2 N–H and O–H groups in total. The maximum atomic E-state index is 14.1. The third-order valence-electron chi connectivity index (χ3n) is 3.20. The van der Waals surface area contributed by atoms with Gasteiger partial charge in [0, 0.05) is 13.1 Å². The van der Waals surface area contributed by atoms with Crippen LogP contribution in [0.2, 0.25) is 0 Å². The fraction of sp³-hybridized carbons (Fsp3) is 0.600. The minimum atomic E-state index is -0.141. The maximum Gasteiger partial charge on any atom is 0.146 e. The molecule has 0 aliphatic heterocycles. The van der Waals surface area contributed by atoms with Crippen LogP contribution in [-0.4, -0.2) is 45.2 Å². The SMILES string of the molecule is CCN(CCCN(C)C)c1ccc(CCN)cc1F. The Morgan fingerprint density at radius 2 is 1.95 bits per heavy atom. The van der Waals surface area contributed by atoms with Crippen LogP contribution in [0, 0.1) is 5.82 Å². The van der Waals surface area contributed by atoms with Gasteiger partial charge in [-0.1, -0.05) is 6.07 Å². The van der Waals surface area contributed by atoms with Crippen molar-refractivity contribution >= 4 is 5.69 Å². The first-order valence-electron chi connectivity index (χ1n) is 6.96. The highest BCUT2D eigenvalue weighted by Gasteiger charge is 2.10. The van der Waals surface area contributed by atoms with Crippen LogP contribution in [0.1, 0.15) is 18.9 Å². The summed E-state index contributed by atoms with van der Waals surface area (Å²) in [6.07, 6.45) is 1.76. The molecule has 0 atom stereocenters. The lowest BCUT2D eigenvalue weighted by Crippen LogP contribution is -2.27. The maximum absolute atomic E-state index is 14.1. The van der Waals surface area contributed by atoms with E-state index < -0.39 is 0 Å². The average Bonchev–Trinajstić information content (AvgIpc) is 2.36. The Hall–Kier alpha value is -1.13. The van der Waals surface area contributed by atoms with Gasteiger partial charge in [-0.3, -0.25) is 0 Å². The van der Waals surface area contributed by atoms with E-state index in [4.69, 9.17) is 5.73 Å². The molecular weight excluding hydrogens is 241 g/mol. The molecule has 19 heavy (non-hydrogen) atoms. The smallest absolute Gasteiger partial charge is 0.146 e. The molecule has 0 radical (unpaired) electrons. The van der Waals surface area contributed by atoms with Gasteiger partial charge in [-0.25, -0.2) is 4.39 Å². The summed E-state index contributed by atoms with van der Waals surface area (Å²) in [6.45, 7) is 5.33. The third-order valence-corrected chi connectivity index (χ3v) is 3.20. The molecule has 0 aliphatic rings. The number of benzene rings is 1. The van der Waals surface area contributed by atoms with Gasteiger partial charge in [0.15, 0.2) is 0 Å². The zero-order valence-corrected chi connectivity index (χ0v) is 12.3. The molecule has 3 nitrogen and oxygen atoms in total. The van der Waals surface area contributed by atoms with Gasteiger partial charge in [0.1, 0.15) is 5.82 Å². The number of hydrogen-bond acceptors (Lipinski definition) is 3. The molecule has 0 aliphatic carbocycles. The topological polar surface area (TPSA) is 32.5 Å². The molecule has 0 spiro atoms. The summed E-state index contributed by atoms with van der Waals surface area (Å²) in [4.78, 5) is 4.24. The summed E-state index contributed by atoms with van der Waals surface area (Å²) in [5.74, 6) is -0.141. The summed E-state index contributed by atoms with van der Waals surface area (Å²) in [6, 6.07) is 5.45. The molecule has 4 heteroatoms. The molecule has 0 fully saturated rings. The molecule has 0 heterocycles. The molecule has 108 valence electrons. The number of anilines is 1. The first kappa shape index (κ1) is 15.9. The van der Waals surface area contributed by atoms with E-state index in [0.717, 1.165) is 38.0 Å². The monoisotopic (exact) mass is 267 g/mol. The van der Waals surface area contributed by atoms with E-state index in [0.29, 0.717) is 12.2 Å². The van der Waals surface area contributed by atoms with Crippen LogP contribution in [0.15, 0.2) is 18.2 Å². The van der Waals surface area contributed by atoms with Crippen LogP contribution in [0.5, 0.6) is 0 Å². The summed E-state index contributed by atoms with van der Waals surface area (Å²) >= 11 is 0. The molecule has 0 saturated heterocycles. The summed E-state index contributed by atoms with van der Waals surface area (Å²) < 4.78 is 14.1. The van der Waals surface area contributed by atoms with E-state index >= 15 is 0 Å². The van der Waals surface area contributed by atoms with Crippen molar-refractivity contribution in [1.29, 1.82) is 0 Å². The highest BCUT2D eigenvalue weighted by atomic mass is 19.1. The Balaban J connectivity index is 2.69. The molecule has 0 bridgehead atoms. The Labute approximate surface area is 116 Å². The van der Waals surface area contributed by atoms with Crippen LogP contribution >= 0.6 is 0 Å². The molecule has 0 saturated carbocycles. The van der Waals surface area contributed by atoms with Gasteiger partial charge in [-0.05, 0) is 64.6 Å². The number of nitrogens with zero attached hydrogens (tertiary/aromatic N) is 2. The lowest BCUT2D eigenvalue weighted by Gasteiger charge is -2.24. The minimum Gasteiger partial charge on any atom is -0.369 e. The quantitative estimate of drug-likeness (QED) is 0.783. The van der Waals surface area contributed by atoms with Crippen molar-refractivity contribution in [3.05, 3.63) is 29.6 Å². The van der Waals surface area contributed by atoms with Crippen molar-refractivity contribution in [2.45, 2.75) is 19.8 Å². The Morgan fingerprint density at radius 1 is 1.21 bits per heavy atom. The summed E-state index contributed by atoms with van der Waals surface area (Å²) in [5.41, 5.74) is 7.15. The molecule has 0 amide bonds. The lowest BCUT2D eigenvalue weighted by atomic mass is 10.1. The molecule has 1 rings (SSSR count). The van der Waals surface area contributed by atoms with Gasteiger partial charge < -0.3 is 15.5 Å². The second kappa shape index (κ2) is 8.12. The van der Waals surface area contributed by atoms with E-state index in [1.165, 1.54) is 0 Å². The second-order valence-electron chi connectivity index (χ2n) is 5.06. The Morgan fingerprint density at radius 3 is 2.47 bits per heavy atom. The third kappa shape index (κ3) is 5.17. The molecule has 0 aromatic heterocycles. The van der Waals surface area contributed by atoms with Crippen molar-refractivity contribution in [2.24, 2.45) is 5.73 Å². The standard InChI is InChI=1S/C15H26FN3/c1-4-19(11-5-10-18(2)3)15-7-6-13(8-9-17)12-14(15)16/h6-7,12H,4-5,8-11,17H2,1-3H3. The first-order valence-corrected chi connectivity index (χ1v) is 6.96. The Kier molecular flexibility index (Phi) is 6.81. The van der Waals surface area contributed by atoms with Crippen molar-refractivity contribution in [3.63, 3.8) is 0 Å². The molecule has 0 unspecified atom stereocenters. The molecular formula is C15H26FN3. The van der Waals surface area contributed by atoms with Crippen molar-refractivity contribution in [3.8, 4) is 0 Å². The van der Waals surface area contributed by atoms with Crippen LogP contribution in [-0.2, 0) is 6.42 Å². The van der Waals surface area contributed by atoms with Crippen molar-refractivity contribution in [2.75, 3.05) is 45.2 Å². The van der Waals surface area contributed by atoms with Crippen LogP contribution in [0.4, 0.5) is 10.1 Å². The van der Waals surface area contributed by atoms with E-state index in [1.54, 1.807) is 6.07 Å². The zero-order valence-electron chi connectivity index (χ0n) is 12.3. The zero-order chi connectivity index (χ0) is 14.3. The minimum absolute atomic E-state index is 0.141. The highest BCUT2D eigenvalue weighted by Crippen LogP contribution is 2.21. The second-order valence-corrected chi connectivity index (χ2v) is 5.06. The molecule has 1 aromatic rings.